The molecule has 5 heterocycles. The molecule has 0 saturated heterocycles. The average molecular weight is 491 g/mol. The summed E-state index contributed by atoms with van der Waals surface area (Å²) in [4.78, 5) is 27.6. The topological polar surface area (TPSA) is 108 Å². The molecule has 0 spiro atoms. The van der Waals surface area contributed by atoms with Gasteiger partial charge in [0.1, 0.15) is 17.5 Å². The molecular weight excluding hydrogens is 464 g/mol. The number of pyridine rings is 2. The Morgan fingerprint density at radius 1 is 1.17 bits per heavy atom. The number of aryl methyl sites for hydroxylation is 1. The number of nitrogens with zero attached hydrogens (tertiary/aromatic N) is 6. The number of aliphatic hydroxyl groups is 1. The molecule has 4 aromatic heterocycles. The van der Waals surface area contributed by atoms with Crippen molar-refractivity contribution in [3.8, 4) is 22.5 Å². The maximum Gasteiger partial charge on any atom is 0.271 e. The lowest BCUT2D eigenvalue weighted by Crippen LogP contribution is -2.27. The number of fused-ring (bicyclic) bond motifs is 1. The first-order chi connectivity index (χ1) is 16.8. The van der Waals surface area contributed by atoms with Crippen LogP contribution in [0.1, 0.15) is 26.0 Å². The molecule has 0 saturated carbocycles. The lowest BCUT2D eigenvalue weighted by atomic mass is 10.0. The first kappa shape index (κ1) is 23.4. The second-order valence-electron chi connectivity index (χ2n) is 9.03. The molecule has 4 aromatic rings. The van der Waals surface area contributed by atoms with Gasteiger partial charge in [0.25, 0.3) is 5.56 Å². The van der Waals surface area contributed by atoms with E-state index in [1.54, 1.807) is 23.1 Å². The van der Waals surface area contributed by atoms with E-state index in [1.165, 1.54) is 27.8 Å². The zero-order chi connectivity index (χ0) is 24.6. The van der Waals surface area contributed by atoms with Gasteiger partial charge in [-0.15, -0.1) is 0 Å². The summed E-state index contributed by atoms with van der Waals surface area (Å²) in [5, 5.41) is 14.4. The van der Waals surface area contributed by atoms with E-state index in [0.29, 0.717) is 35.5 Å². The third kappa shape index (κ3) is 4.77. The number of rotatable bonds is 6. The normalized spacial score (nSPS) is 14.3. The summed E-state index contributed by atoms with van der Waals surface area (Å²) in [5.74, 6) is 0. The van der Waals surface area contributed by atoms with E-state index < -0.39 is 4.75 Å². The van der Waals surface area contributed by atoms with E-state index in [9.17, 15) is 9.90 Å². The smallest absolute Gasteiger partial charge is 0.271 e. The predicted octanol–water partition coefficient (Wildman–Crippen LogP) is 3.32. The van der Waals surface area contributed by atoms with Gasteiger partial charge in [0.15, 0.2) is 0 Å². The van der Waals surface area contributed by atoms with Crippen LogP contribution in [0.2, 0.25) is 0 Å². The number of hydrogen-bond acceptors (Lipinski definition) is 8. The molecule has 5 rings (SSSR count). The van der Waals surface area contributed by atoms with Gasteiger partial charge in [0.2, 0.25) is 0 Å². The number of hydrogen-bond donors (Lipinski definition) is 1. The van der Waals surface area contributed by atoms with Gasteiger partial charge in [-0.3, -0.25) is 14.5 Å². The van der Waals surface area contributed by atoms with Crippen LogP contribution in [-0.2, 0) is 11.8 Å². The fourth-order valence-corrected chi connectivity index (χ4v) is 4.73. The Kier molecular flexibility index (Phi) is 6.26. The standard InChI is InChI=1S/C25H26N6O3S/c1-25(2,14-32)35-31-15-27-23-19(24(31)33)10-21(29-22(23)18-12-28-30(3)13-18)17-4-5-20(26-11-17)16-6-8-34-9-7-16/h4-6,10-13,15,32H,7-9,14H2,1-3H3. The Morgan fingerprint density at radius 3 is 2.69 bits per heavy atom. The van der Waals surface area contributed by atoms with E-state index in [2.05, 4.69) is 21.1 Å². The zero-order valence-electron chi connectivity index (χ0n) is 19.8. The largest absolute Gasteiger partial charge is 0.395 e. The maximum absolute atomic E-state index is 13.5. The predicted molar refractivity (Wildman–Crippen MR) is 137 cm³/mol. The molecule has 0 fully saturated rings. The van der Waals surface area contributed by atoms with Gasteiger partial charge in [0, 0.05) is 30.6 Å². The van der Waals surface area contributed by atoms with Crippen molar-refractivity contribution >= 4 is 28.4 Å². The van der Waals surface area contributed by atoms with Crippen molar-refractivity contribution in [2.75, 3.05) is 19.8 Å². The Balaban J connectivity index is 1.65. The quantitative estimate of drug-likeness (QED) is 0.439. The van der Waals surface area contributed by atoms with E-state index in [0.717, 1.165) is 23.2 Å². The van der Waals surface area contributed by atoms with E-state index in [4.69, 9.17) is 9.72 Å². The van der Waals surface area contributed by atoms with Crippen LogP contribution in [0.15, 0.2) is 54.0 Å². The molecule has 9 nitrogen and oxygen atoms in total. The minimum Gasteiger partial charge on any atom is -0.395 e. The minimum atomic E-state index is -0.542. The number of aromatic nitrogens is 6. The van der Waals surface area contributed by atoms with Crippen molar-refractivity contribution in [3.63, 3.8) is 0 Å². The monoisotopic (exact) mass is 490 g/mol. The molecule has 35 heavy (non-hydrogen) atoms. The third-order valence-corrected chi connectivity index (χ3v) is 6.85. The van der Waals surface area contributed by atoms with Crippen LogP contribution in [0.5, 0.6) is 0 Å². The summed E-state index contributed by atoms with van der Waals surface area (Å²) in [6.07, 6.45) is 9.72. The fourth-order valence-electron chi connectivity index (χ4n) is 3.86. The SMILES string of the molecule is Cn1cc(-c2nc(-c3ccc(C4=CCOCC4)nc3)cc3c(=O)n(SC(C)(C)CO)cnc23)cn1. The second-order valence-corrected chi connectivity index (χ2v) is 10.7. The van der Waals surface area contributed by atoms with Crippen molar-refractivity contribution in [2.45, 2.75) is 25.0 Å². The van der Waals surface area contributed by atoms with Crippen molar-refractivity contribution < 1.29 is 9.84 Å². The van der Waals surface area contributed by atoms with Crippen LogP contribution in [0.4, 0.5) is 0 Å². The van der Waals surface area contributed by atoms with Crippen LogP contribution < -0.4 is 5.56 Å². The Morgan fingerprint density at radius 2 is 2.03 bits per heavy atom. The van der Waals surface area contributed by atoms with Gasteiger partial charge in [0.05, 0.1) is 47.5 Å². The first-order valence-corrected chi connectivity index (χ1v) is 12.1. The van der Waals surface area contributed by atoms with Crippen LogP contribution in [0, 0.1) is 0 Å². The molecule has 0 unspecified atom stereocenters. The molecule has 0 bridgehead atoms. The van der Waals surface area contributed by atoms with Crippen LogP contribution >= 0.6 is 11.9 Å². The molecule has 0 atom stereocenters. The molecule has 0 radical (unpaired) electrons. The van der Waals surface area contributed by atoms with Crippen molar-refractivity contribution in [3.05, 3.63) is 65.2 Å². The highest BCUT2D eigenvalue weighted by molar-refractivity contribution is 7.99. The van der Waals surface area contributed by atoms with Crippen molar-refractivity contribution in [1.29, 1.82) is 0 Å². The Bertz CT molecular complexity index is 1470. The summed E-state index contributed by atoms with van der Waals surface area (Å²) in [7, 11) is 1.83. The zero-order valence-corrected chi connectivity index (χ0v) is 20.6. The average Bonchev–Trinajstić information content (AvgIpc) is 3.32. The highest BCUT2D eigenvalue weighted by atomic mass is 32.2. The van der Waals surface area contributed by atoms with E-state index in [-0.39, 0.29) is 12.2 Å². The number of aliphatic hydroxyl groups excluding tert-OH is 1. The van der Waals surface area contributed by atoms with Gasteiger partial charge in [-0.1, -0.05) is 6.08 Å². The molecule has 10 heteroatoms. The van der Waals surface area contributed by atoms with Gasteiger partial charge in [-0.25, -0.2) is 13.9 Å². The van der Waals surface area contributed by atoms with Gasteiger partial charge in [-0.05, 0) is 56.0 Å². The maximum atomic E-state index is 13.5. The molecule has 1 N–H and O–H groups in total. The van der Waals surface area contributed by atoms with Gasteiger partial charge < -0.3 is 9.84 Å². The van der Waals surface area contributed by atoms with Gasteiger partial charge >= 0.3 is 0 Å². The molecule has 1 aliphatic heterocycles. The summed E-state index contributed by atoms with van der Waals surface area (Å²) >= 11 is 1.24. The van der Waals surface area contributed by atoms with Crippen molar-refractivity contribution in [1.82, 2.24) is 28.7 Å². The molecule has 0 aliphatic carbocycles. The number of ether oxygens (including phenoxy) is 1. The molecular formula is C25H26N6O3S. The third-order valence-electron chi connectivity index (χ3n) is 5.77. The van der Waals surface area contributed by atoms with Crippen LogP contribution in [0.3, 0.4) is 0 Å². The summed E-state index contributed by atoms with van der Waals surface area (Å²) < 4.78 is 8.01. The Labute approximate surface area is 206 Å². The van der Waals surface area contributed by atoms with Gasteiger partial charge in [-0.2, -0.15) is 5.10 Å². The molecule has 0 amide bonds. The van der Waals surface area contributed by atoms with Crippen LogP contribution in [0.25, 0.3) is 39.0 Å². The lowest BCUT2D eigenvalue weighted by Gasteiger charge is -2.21. The molecule has 180 valence electrons. The highest BCUT2D eigenvalue weighted by Crippen LogP contribution is 2.30. The van der Waals surface area contributed by atoms with E-state index in [1.807, 2.05) is 39.2 Å². The summed E-state index contributed by atoms with van der Waals surface area (Å²) in [6.45, 7) is 4.96. The first-order valence-electron chi connectivity index (χ1n) is 11.3. The van der Waals surface area contributed by atoms with E-state index >= 15 is 0 Å². The Hall–Kier alpha value is -3.34. The highest BCUT2D eigenvalue weighted by Gasteiger charge is 2.22. The fraction of sp³-hybridized carbons (Fsp3) is 0.320. The summed E-state index contributed by atoms with van der Waals surface area (Å²) in [6, 6.07) is 5.71. The van der Waals surface area contributed by atoms with Crippen LogP contribution in [-0.4, -0.2) is 58.4 Å². The minimum absolute atomic E-state index is 0.0781. The lowest BCUT2D eigenvalue weighted by molar-refractivity contribution is 0.161. The second kappa shape index (κ2) is 9.37. The van der Waals surface area contributed by atoms with Crippen molar-refractivity contribution in [2.24, 2.45) is 7.05 Å². The summed E-state index contributed by atoms with van der Waals surface area (Å²) in [5.41, 5.74) is 5.14. The molecule has 0 aromatic carbocycles. The molecule has 1 aliphatic rings.